The molecule has 14 heteroatoms. The number of halogens is 3. The van der Waals surface area contributed by atoms with E-state index in [0.717, 1.165) is 6.04 Å². The molecular formula is C33H45ClF2N4O5Si2. The molecule has 0 spiro atoms. The summed E-state index contributed by atoms with van der Waals surface area (Å²) in [4.78, 5) is 4.65. The van der Waals surface area contributed by atoms with Gasteiger partial charge in [0.2, 0.25) is 5.88 Å². The number of nitrogens with zero attached hydrogens (tertiary/aromatic N) is 3. The van der Waals surface area contributed by atoms with E-state index in [1.807, 2.05) is 0 Å². The second-order valence-electron chi connectivity index (χ2n) is 15.0. The van der Waals surface area contributed by atoms with Gasteiger partial charge in [0.1, 0.15) is 53.5 Å². The van der Waals surface area contributed by atoms with Gasteiger partial charge >= 0.3 is 0 Å². The smallest absolute Gasteiger partial charge is 0.217 e. The predicted octanol–water partition coefficient (Wildman–Crippen LogP) is 7.70. The highest BCUT2D eigenvalue weighted by atomic mass is 35.5. The molecule has 256 valence electrons. The number of nitrogens with one attached hydrogen (secondary N) is 1. The van der Waals surface area contributed by atoms with E-state index in [1.54, 1.807) is 10.6 Å². The number of ether oxygens (including phenoxy) is 4. The van der Waals surface area contributed by atoms with Gasteiger partial charge in [0.05, 0.1) is 29.9 Å². The summed E-state index contributed by atoms with van der Waals surface area (Å²) in [5.74, 6) is -0.931. The van der Waals surface area contributed by atoms with Crippen LogP contribution < -0.4 is 10.1 Å². The second kappa shape index (κ2) is 13.7. The lowest BCUT2D eigenvalue weighted by molar-refractivity contribution is 0.00849. The molecule has 0 saturated carbocycles. The molecule has 4 heterocycles. The predicted molar refractivity (Wildman–Crippen MR) is 183 cm³/mol. The van der Waals surface area contributed by atoms with Crippen LogP contribution in [-0.4, -0.2) is 70.2 Å². The monoisotopic (exact) mass is 706 g/mol. The van der Waals surface area contributed by atoms with Crippen LogP contribution in [0.5, 0.6) is 5.88 Å². The number of pyridine rings is 1. The highest BCUT2D eigenvalue weighted by molar-refractivity contribution is 6.76. The summed E-state index contributed by atoms with van der Waals surface area (Å²) >= 11 is 6.66. The highest BCUT2D eigenvalue weighted by Gasteiger charge is 2.52. The van der Waals surface area contributed by atoms with Gasteiger partial charge in [0, 0.05) is 26.8 Å². The van der Waals surface area contributed by atoms with E-state index >= 15 is 0 Å². The molecule has 3 aromatic rings. The molecule has 1 N–H and O–H groups in total. The van der Waals surface area contributed by atoms with Crippen LogP contribution in [0.25, 0.3) is 11.0 Å². The first-order valence-corrected chi connectivity index (χ1v) is 22.9. The largest absolute Gasteiger partial charge is 0.469 e. The Morgan fingerprint density at radius 3 is 2.34 bits per heavy atom. The fourth-order valence-electron chi connectivity index (χ4n) is 5.43. The molecule has 4 atom stereocenters. The third kappa shape index (κ3) is 7.69. The topological polar surface area (TPSA) is 99.8 Å². The Morgan fingerprint density at radius 2 is 1.72 bits per heavy atom. The Labute approximate surface area is 282 Å². The van der Waals surface area contributed by atoms with Crippen molar-refractivity contribution in [2.75, 3.05) is 25.1 Å². The minimum atomic E-state index is -2.08. The average molecular weight is 707 g/mol. The van der Waals surface area contributed by atoms with E-state index in [2.05, 4.69) is 69.9 Å². The molecule has 0 bridgehead atoms. The lowest BCUT2D eigenvalue weighted by Crippen LogP contribution is -2.47. The third-order valence-electron chi connectivity index (χ3n) is 9.24. The van der Waals surface area contributed by atoms with Crippen molar-refractivity contribution < 1.29 is 32.2 Å². The molecule has 47 heavy (non-hydrogen) atoms. The van der Waals surface area contributed by atoms with Crippen molar-refractivity contribution in [2.24, 2.45) is 0 Å². The second-order valence-corrected chi connectivity index (χ2v) is 25.8. The van der Waals surface area contributed by atoms with Crippen LogP contribution in [0, 0.1) is 23.0 Å². The van der Waals surface area contributed by atoms with Crippen molar-refractivity contribution in [1.29, 1.82) is 5.26 Å². The van der Waals surface area contributed by atoms with Crippen molar-refractivity contribution in [1.82, 2.24) is 9.55 Å². The van der Waals surface area contributed by atoms with E-state index < -0.39 is 34.1 Å². The Balaban J connectivity index is 1.44. The third-order valence-corrected chi connectivity index (χ3v) is 15.7. The number of anilines is 1. The van der Waals surface area contributed by atoms with E-state index in [4.69, 9.17) is 35.0 Å². The van der Waals surface area contributed by atoms with Gasteiger partial charge in [-0.2, -0.15) is 5.26 Å². The van der Waals surface area contributed by atoms with Gasteiger partial charge in [-0.25, -0.2) is 13.8 Å². The van der Waals surface area contributed by atoms with E-state index in [0.29, 0.717) is 24.2 Å². The van der Waals surface area contributed by atoms with Gasteiger partial charge in [0.25, 0.3) is 0 Å². The highest BCUT2D eigenvalue weighted by Crippen LogP contribution is 2.42. The maximum Gasteiger partial charge on any atom is 0.217 e. The van der Waals surface area contributed by atoms with Crippen LogP contribution in [0.15, 0.2) is 24.3 Å². The number of hydrogen-bond donors (Lipinski definition) is 1. The normalized spacial score (nSPS) is 21.7. The van der Waals surface area contributed by atoms with Crippen molar-refractivity contribution in [3.05, 3.63) is 52.0 Å². The summed E-state index contributed by atoms with van der Waals surface area (Å²) < 4.78 is 62.2. The Hall–Kier alpha value is -2.58. The van der Waals surface area contributed by atoms with Crippen molar-refractivity contribution in [3.8, 4) is 11.9 Å². The van der Waals surface area contributed by atoms with Crippen LogP contribution in [-0.2, 0) is 31.9 Å². The number of benzene rings is 1. The summed E-state index contributed by atoms with van der Waals surface area (Å²) in [7, 11) is -3.44. The molecule has 2 fully saturated rings. The van der Waals surface area contributed by atoms with Crippen molar-refractivity contribution >= 4 is 44.8 Å². The molecule has 2 aliphatic rings. The summed E-state index contributed by atoms with van der Waals surface area (Å²) in [6.07, 6.45) is -1.41. The van der Waals surface area contributed by atoms with Gasteiger partial charge in [-0.3, -0.25) is 4.57 Å². The minimum Gasteiger partial charge on any atom is -0.469 e. The zero-order valence-electron chi connectivity index (χ0n) is 28.4. The molecule has 1 aromatic carbocycles. The van der Waals surface area contributed by atoms with Crippen LogP contribution in [0.3, 0.4) is 0 Å². The molecule has 0 aliphatic carbocycles. The van der Waals surface area contributed by atoms with Crippen molar-refractivity contribution in [2.45, 2.75) is 102 Å². The summed E-state index contributed by atoms with van der Waals surface area (Å²) in [6.45, 7) is 18.9. The number of nitriles is 1. The maximum atomic E-state index is 14.3. The Kier molecular flexibility index (Phi) is 10.4. The van der Waals surface area contributed by atoms with Gasteiger partial charge < -0.3 is 28.7 Å². The molecule has 0 unspecified atom stereocenters. The molecule has 0 amide bonds. The molecular weight excluding hydrogens is 662 g/mol. The summed E-state index contributed by atoms with van der Waals surface area (Å²) in [5.41, 5.74) is 0.880. The zero-order chi connectivity index (χ0) is 34.3. The molecule has 5 rings (SSSR count). The van der Waals surface area contributed by atoms with E-state index in [1.165, 1.54) is 18.2 Å². The quantitative estimate of drug-likeness (QED) is 0.151. The van der Waals surface area contributed by atoms with E-state index in [-0.39, 0.29) is 71.1 Å². The molecule has 2 aliphatic heterocycles. The lowest BCUT2D eigenvalue weighted by atomic mass is 10.1. The zero-order valence-corrected chi connectivity index (χ0v) is 31.1. The van der Waals surface area contributed by atoms with Crippen LogP contribution in [0.4, 0.5) is 14.6 Å². The van der Waals surface area contributed by atoms with Gasteiger partial charge in [-0.15, -0.1) is 0 Å². The van der Waals surface area contributed by atoms with Crippen LogP contribution in [0.1, 0.15) is 31.9 Å². The number of aromatic nitrogens is 2. The molecule has 0 radical (unpaired) electrons. The lowest BCUT2D eigenvalue weighted by Gasteiger charge is -2.39. The molecule has 2 aromatic heterocycles. The standard InChI is InChI=1S/C33H45ClF2N4O5Si2/c1-33(2,3)47(7,8)45-27-18-43-29-26(17-42-30(27)29)44-32-20(15-37)28-25(40(32)19-41-12-13-46(4,5)6)14-22(34)31(39-28)38-16-21-23(35)10-9-11-24(21)36/h9-11,14,26-27,29-30H,12-13,16-19H2,1-8H3,(H,38,39)/t26-,27-,29-,30-/m1/s1. The molecule has 2 saturated heterocycles. The van der Waals surface area contributed by atoms with Crippen molar-refractivity contribution in [3.63, 3.8) is 0 Å². The van der Waals surface area contributed by atoms with Crippen LogP contribution in [0.2, 0.25) is 48.8 Å². The summed E-state index contributed by atoms with van der Waals surface area (Å²) in [6, 6.07) is 8.54. The fourth-order valence-corrected chi connectivity index (χ4v) is 7.71. The molecule has 9 nitrogen and oxygen atoms in total. The first kappa shape index (κ1) is 35.7. The minimum absolute atomic E-state index is 0.0309. The maximum absolute atomic E-state index is 14.3. The van der Waals surface area contributed by atoms with Gasteiger partial charge in [-0.05, 0) is 42.4 Å². The van der Waals surface area contributed by atoms with E-state index in [9.17, 15) is 14.0 Å². The Bertz CT molecular complexity index is 1630. The number of fused-ring (bicyclic) bond motifs is 2. The van der Waals surface area contributed by atoms with Crippen LogP contribution >= 0.6 is 11.6 Å². The number of hydrogen-bond acceptors (Lipinski definition) is 8. The first-order valence-electron chi connectivity index (χ1n) is 16.0. The summed E-state index contributed by atoms with van der Waals surface area (Å²) in [5, 5.41) is 13.6. The first-order chi connectivity index (χ1) is 22.0. The number of rotatable bonds is 12. The van der Waals surface area contributed by atoms with Gasteiger partial charge in [0.15, 0.2) is 14.4 Å². The fraction of sp³-hybridized carbons (Fsp3) is 0.576. The van der Waals surface area contributed by atoms with Gasteiger partial charge in [-0.1, -0.05) is 58.1 Å². The SMILES string of the molecule is CC(C)(C)[Si](C)(C)O[C@@H]1CO[C@H]2[C@@H]1OC[C@H]2Oc1c(C#N)c2nc(NCc3c(F)cccc3F)c(Cl)cc2n1COCC[Si](C)(C)C. The Morgan fingerprint density at radius 1 is 1.09 bits per heavy atom. The average Bonchev–Trinajstić information content (AvgIpc) is 3.63.